The maximum atomic E-state index is 6.84. The first-order valence-electron chi connectivity index (χ1n) is 18.7. The molecule has 11 aromatic rings. The topological polar surface area (TPSA) is 65.0 Å². The van der Waals surface area contributed by atoms with Gasteiger partial charge in [0.1, 0.15) is 22.3 Å². The van der Waals surface area contributed by atoms with Gasteiger partial charge in [0.2, 0.25) is 0 Å². The van der Waals surface area contributed by atoms with Crippen LogP contribution < -0.4 is 0 Å². The fraction of sp³-hybridized carbons (Fsp3) is 0. The molecule has 0 fully saturated rings. The number of para-hydroxylation sites is 2. The molecule has 262 valence electrons. The van der Waals surface area contributed by atoms with Crippen molar-refractivity contribution >= 4 is 43.9 Å². The van der Waals surface area contributed by atoms with Gasteiger partial charge < -0.3 is 8.83 Å². The Bertz CT molecular complexity index is 3240. The van der Waals surface area contributed by atoms with Crippen LogP contribution in [0.4, 0.5) is 0 Å². The van der Waals surface area contributed by atoms with Gasteiger partial charge in [-0.15, -0.1) is 0 Å². The van der Waals surface area contributed by atoms with Crippen LogP contribution in [0, 0.1) is 0 Å². The lowest BCUT2D eigenvalue weighted by molar-refractivity contribution is 0.668. The van der Waals surface area contributed by atoms with Crippen LogP contribution in [0.15, 0.2) is 197 Å². The molecule has 0 saturated carbocycles. The molecule has 0 bridgehead atoms. The van der Waals surface area contributed by atoms with Crippen LogP contribution >= 0.6 is 0 Å². The molecule has 0 N–H and O–H groups in total. The molecule has 5 nitrogen and oxygen atoms in total. The number of nitrogens with zero attached hydrogens (tertiary/aromatic N) is 3. The van der Waals surface area contributed by atoms with Gasteiger partial charge in [-0.25, -0.2) is 15.0 Å². The zero-order valence-corrected chi connectivity index (χ0v) is 30.1. The van der Waals surface area contributed by atoms with Crippen molar-refractivity contribution in [2.75, 3.05) is 0 Å². The number of rotatable bonds is 6. The summed E-state index contributed by atoms with van der Waals surface area (Å²) in [4.78, 5) is 15.3. The molecular formula is C51H31N3O2. The maximum absolute atomic E-state index is 6.84. The Balaban J connectivity index is 1.14. The number of fused-ring (bicyclic) bond motifs is 6. The minimum Gasteiger partial charge on any atom is -0.456 e. The van der Waals surface area contributed by atoms with Crippen molar-refractivity contribution in [3.8, 4) is 67.5 Å². The summed E-state index contributed by atoms with van der Waals surface area (Å²) in [5.41, 5.74) is 12.4. The lowest BCUT2D eigenvalue weighted by atomic mass is 9.92. The van der Waals surface area contributed by atoms with Crippen LogP contribution in [-0.2, 0) is 0 Å². The van der Waals surface area contributed by atoms with Crippen LogP contribution in [0.2, 0.25) is 0 Å². The fourth-order valence-corrected chi connectivity index (χ4v) is 7.92. The number of hydrogen-bond acceptors (Lipinski definition) is 5. The van der Waals surface area contributed by atoms with Gasteiger partial charge in [0.15, 0.2) is 17.5 Å². The smallest absolute Gasteiger partial charge is 0.167 e. The molecule has 11 rings (SSSR count). The molecule has 0 aliphatic rings. The molecule has 0 spiro atoms. The standard InChI is InChI=1S/C51H31N3O2/c1-4-15-32(16-5-1)35-21-12-22-36(29-35)50-52-49(34-19-8-3-9-20-34)53-51(54-50)41-26-13-25-40-46-38(24-14-28-44(46)56-48(40)41)42-30-37(33-17-6-2-7-18-33)31-45-47(42)39-23-10-11-27-43(39)55-45/h1-31H. The van der Waals surface area contributed by atoms with Gasteiger partial charge in [0, 0.05) is 32.7 Å². The van der Waals surface area contributed by atoms with Gasteiger partial charge in [-0.05, 0) is 69.8 Å². The van der Waals surface area contributed by atoms with E-state index in [1.165, 1.54) is 0 Å². The van der Waals surface area contributed by atoms with Crippen LogP contribution in [0.25, 0.3) is 111 Å². The van der Waals surface area contributed by atoms with Crippen molar-refractivity contribution in [2.24, 2.45) is 0 Å². The molecule has 0 amide bonds. The SMILES string of the molecule is c1ccc(-c2cccc(-c3nc(-c4ccccc4)nc(-c4cccc5c4oc4cccc(-c6cc(-c7ccccc7)cc7oc8ccccc8c67)c45)n3)c2)cc1. The first-order valence-corrected chi connectivity index (χ1v) is 18.7. The Morgan fingerprint density at radius 1 is 0.286 bits per heavy atom. The van der Waals surface area contributed by atoms with E-state index in [1.807, 2.05) is 66.7 Å². The molecule has 56 heavy (non-hydrogen) atoms. The molecular weight excluding hydrogens is 687 g/mol. The summed E-state index contributed by atoms with van der Waals surface area (Å²) in [6.45, 7) is 0. The zero-order valence-electron chi connectivity index (χ0n) is 30.1. The molecule has 0 saturated heterocycles. The van der Waals surface area contributed by atoms with Gasteiger partial charge in [0.05, 0.1) is 5.56 Å². The Morgan fingerprint density at radius 3 is 1.61 bits per heavy atom. The second-order valence-corrected chi connectivity index (χ2v) is 13.9. The van der Waals surface area contributed by atoms with E-state index in [4.69, 9.17) is 23.8 Å². The maximum Gasteiger partial charge on any atom is 0.167 e. The summed E-state index contributed by atoms with van der Waals surface area (Å²) in [7, 11) is 0. The summed E-state index contributed by atoms with van der Waals surface area (Å²) >= 11 is 0. The summed E-state index contributed by atoms with van der Waals surface area (Å²) in [5.74, 6) is 1.73. The van der Waals surface area contributed by atoms with Gasteiger partial charge >= 0.3 is 0 Å². The number of aromatic nitrogens is 3. The molecule has 3 aromatic heterocycles. The normalized spacial score (nSPS) is 11.6. The van der Waals surface area contributed by atoms with Crippen molar-refractivity contribution in [1.29, 1.82) is 0 Å². The lowest BCUT2D eigenvalue weighted by Gasteiger charge is -2.10. The van der Waals surface area contributed by atoms with E-state index in [2.05, 4.69) is 121 Å². The van der Waals surface area contributed by atoms with Crippen molar-refractivity contribution in [2.45, 2.75) is 0 Å². The highest BCUT2D eigenvalue weighted by Crippen LogP contribution is 2.45. The second kappa shape index (κ2) is 13.0. The Kier molecular flexibility index (Phi) is 7.42. The van der Waals surface area contributed by atoms with Crippen LogP contribution in [0.5, 0.6) is 0 Å². The summed E-state index contributed by atoms with van der Waals surface area (Å²) in [5, 5.41) is 4.15. The number of hydrogen-bond donors (Lipinski definition) is 0. The third-order valence-electron chi connectivity index (χ3n) is 10.5. The van der Waals surface area contributed by atoms with Crippen LogP contribution in [-0.4, -0.2) is 15.0 Å². The average molecular weight is 718 g/mol. The molecule has 0 aliphatic carbocycles. The Hall–Kier alpha value is -7.63. The molecule has 0 atom stereocenters. The molecule has 0 radical (unpaired) electrons. The van der Waals surface area contributed by atoms with Crippen molar-refractivity contribution < 1.29 is 8.83 Å². The summed E-state index contributed by atoms with van der Waals surface area (Å²) in [6, 6.07) is 64.4. The van der Waals surface area contributed by atoms with Crippen molar-refractivity contribution in [3.05, 3.63) is 188 Å². The average Bonchev–Trinajstić information content (AvgIpc) is 3.86. The highest BCUT2D eigenvalue weighted by molar-refractivity contribution is 6.21. The van der Waals surface area contributed by atoms with Gasteiger partial charge in [0.25, 0.3) is 0 Å². The molecule has 0 aliphatic heterocycles. The minimum atomic E-state index is 0.541. The molecule has 8 aromatic carbocycles. The molecule has 5 heteroatoms. The minimum absolute atomic E-state index is 0.541. The van der Waals surface area contributed by atoms with Gasteiger partial charge in [-0.3, -0.25) is 0 Å². The van der Waals surface area contributed by atoms with Crippen molar-refractivity contribution in [3.63, 3.8) is 0 Å². The predicted molar refractivity (Wildman–Crippen MR) is 227 cm³/mol. The molecule has 3 heterocycles. The monoisotopic (exact) mass is 717 g/mol. The Labute approximate surface area is 322 Å². The van der Waals surface area contributed by atoms with E-state index in [0.29, 0.717) is 17.5 Å². The number of benzene rings is 8. The predicted octanol–water partition coefficient (Wildman–Crippen LogP) is 13.7. The van der Waals surface area contributed by atoms with Crippen LogP contribution in [0.1, 0.15) is 0 Å². The first-order chi connectivity index (χ1) is 27.7. The lowest BCUT2D eigenvalue weighted by Crippen LogP contribution is -2.00. The van der Waals surface area contributed by atoms with E-state index in [-0.39, 0.29) is 0 Å². The number of furan rings is 2. The fourth-order valence-electron chi connectivity index (χ4n) is 7.92. The van der Waals surface area contributed by atoms with Crippen LogP contribution in [0.3, 0.4) is 0 Å². The zero-order chi connectivity index (χ0) is 37.0. The summed E-state index contributed by atoms with van der Waals surface area (Å²) < 4.78 is 13.4. The third-order valence-corrected chi connectivity index (χ3v) is 10.5. The van der Waals surface area contributed by atoms with Crippen molar-refractivity contribution in [1.82, 2.24) is 15.0 Å². The van der Waals surface area contributed by atoms with Gasteiger partial charge in [-0.1, -0.05) is 152 Å². The Morgan fingerprint density at radius 2 is 0.821 bits per heavy atom. The van der Waals surface area contributed by atoms with E-state index >= 15 is 0 Å². The highest BCUT2D eigenvalue weighted by atomic mass is 16.3. The van der Waals surface area contributed by atoms with Gasteiger partial charge in [-0.2, -0.15) is 0 Å². The second-order valence-electron chi connectivity index (χ2n) is 13.9. The van der Waals surface area contributed by atoms with E-state index in [9.17, 15) is 0 Å². The first kappa shape index (κ1) is 31.9. The summed E-state index contributed by atoms with van der Waals surface area (Å²) in [6.07, 6.45) is 0. The van der Waals surface area contributed by atoms with E-state index in [0.717, 1.165) is 93.9 Å². The van der Waals surface area contributed by atoms with E-state index < -0.39 is 0 Å². The van der Waals surface area contributed by atoms with E-state index in [1.54, 1.807) is 0 Å². The molecule has 0 unspecified atom stereocenters. The highest BCUT2D eigenvalue weighted by Gasteiger charge is 2.22. The quantitative estimate of drug-likeness (QED) is 0.171. The largest absolute Gasteiger partial charge is 0.456 e. The third kappa shape index (κ3) is 5.37.